The van der Waals surface area contributed by atoms with Gasteiger partial charge in [-0.25, -0.2) is 15.2 Å². The first-order valence-corrected chi connectivity index (χ1v) is 8.42. The zero-order valence-electron chi connectivity index (χ0n) is 13.9. The number of carbonyl (C=O) groups excluding carboxylic acids is 1. The second kappa shape index (κ2) is 7.77. The molecule has 1 aromatic carbocycles. The lowest BCUT2D eigenvalue weighted by Gasteiger charge is -2.22. The molecule has 0 radical (unpaired) electrons. The average Bonchev–Trinajstić information content (AvgIpc) is 3.15. The first-order chi connectivity index (χ1) is 11.7. The molecule has 0 atom stereocenters. The molecule has 2 amide bonds. The van der Waals surface area contributed by atoms with Gasteiger partial charge in [-0.1, -0.05) is 31.4 Å². The van der Waals surface area contributed by atoms with Crippen molar-refractivity contribution in [2.45, 2.75) is 45.1 Å². The highest BCUT2D eigenvalue weighted by Gasteiger charge is 2.15. The van der Waals surface area contributed by atoms with E-state index in [9.17, 15) is 4.79 Å². The minimum Gasteiger partial charge on any atom is -0.334 e. The van der Waals surface area contributed by atoms with E-state index in [1.807, 2.05) is 42.0 Å². The number of aromatic nitrogens is 2. The average molecular weight is 325 g/mol. The van der Waals surface area contributed by atoms with Crippen LogP contribution in [-0.4, -0.2) is 27.3 Å². The maximum atomic E-state index is 11.9. The van der Waals surface area contributed by atoms with E-state index >= 15 is 0 Å². The summed E-state index contributed by atoms with van der Waals surface area (Å²) in [5, 5.41) is 7.17. The number of hydrogen-bond donors (Lipinski definition) is 2. The smallest absolute Gasteiger partial charge is 0.334 e. The van der Waals surface area contributed by atoms with E-state index in [1.54, 1.807) is 12.5 Å². The maximum Gasteiger partial charge on any atom is 0.335 e. The predicted molar refractivity (Wildman–Crippen MR) is 94.3 cm³/mol. The second-order valence-corrected chi connectivity index (χ2v) is 6.13. The normalized spacial score (nSPS) is 16.0. The molecular weight excluding hydrogens is 302 g/mol. The van der Waals surface area contributed by atoms with Gasteiger partial charge < -0.3 is 9.88 Å². The van der Waals surface area contributed by atoms with Gasteiger partial charge in [-0.3, -0.25) is 0 Å². The molecule has 1 aliphatic rings. The Balaban J connectivity index is 1.55. The monoisotopic (exact) mass is 325 g/mol. The molecule has 6 heteroatoms. The highest BCUT2D eigenvalue weighted by molar-refractivity contribution is 5.99. The molecule has 1 aliphatic carbocycles. The fourth-order valence-corrected chi connectivity index (χ4v) is 2.95. The molecule has 1 heterocycles. The number of nitrogens with one attached hydrogen (secondary N) is 2. The van der Waals surface area contributed by atoms with E-state index in [-0.39, 0.29) is 12.1 Å². The zero-order valence-corrected chi connectivity index (χ0v) is 13.9. The Hall–Kier alpha value is -2.63. The Morgan fingerprint density at radius 1 is 1.21 bits per heavy atom. The summed E-state index contributed by atoms with van der Waals surface area (Å²) in [5.74, 6) is 0. The van der Waals surface area contributed by atoms with E-state index in [4.69, 9.17) is 0 Å². The molecule has 6 nitrogen and oxygen atoms in total. The van der Waals surface area contributed by atoms with Gasteiger partial charge in [0.2, 0.25) is 0 Å². The Kier molecular flexibility index (Phi) is 5.25. The lowest BCUT2D eigenvalue weighted by molar-refractivity contribution is 0.233. The molecule has 0 saturated heterocycles. The summed E-state index contributed by atoms with van der Waals surface area (Å²) in [5.41, 5.74) is 5.37. The van der Waals surface area contributed by atoms with Gasteiger partial charge in [0, 0.05) is 24.1 Å². The number of rotatable bonds is 4. The van der Waals surface area contributed by atoms with Crippen LogP contribution in [0.2, 0.25) is 0 Å². The fraction of sp³-hybridized carbons (Fsp3) is 0.389. The van der Waals surface area contributed by atoms with Crippen LogP contribution in [0.4, 0.5) is 4.79 Å². The van der Waals surface area contributed by atoms with Gasteiger partial charge in [-0.15, -0.1) is 0 Å². The number of hydrazone groups is 1. The van der Waals surface area contributed by atoms with E-state index in [0.29, 0.717) is 0 Å². The van der Waals surface area contributed by atoms with Gasteiger partial charge in [-0.05, 0) is 37.5 Å². The summed E-state index contributed by atoms with van der Waals surface area (Å²) in [6.45, 7) is 1.88. The standard InChI is InChI=1S/C18H23N5O/c1-14(21-22-18(24)20-16-5-3-2-4-6-16)15-7-9-17(10-8-15)23-12-11-19-13-23/h7-13,16H,2-6H2,1H3,(H2,20,22,24). The topological polar surface area (TPSA) is 71.3 Å². The van der Waals surface area contributed by atoms with Crippen molar-refractivity contribution in [3.05, 3.63) is 48.5 Å². The third-order valence-electron chi connectivity index (χ3n) is 4.35. The van der Waals surface area contributed by atoms with Crippen molar-refractivity contribution in [2.24, 2.45) is 5.10 Å². The van der Waals surface area contributed by atoms with Crippen LogP contribution in [0.1, 0.15) is 44.6 Å². The van der Waals surface area contributed by atoms with Crippen molar-refractivity contribution in [2.75, 3.05) is 0 Å². The maximum absolute atomic E-state index is 11.9. The van der Waals surface area contributed by atoms with Crippen LogP contribution in [0.5, 0.6) is 0 Å². The molecule has 126 valence electrons. The van der Waals surface area contributed by atoms with Crippen molar-refractivity contribution in [1.82, 2.24) is 20.3 Å². The summed E-state index contributed by atoms with van der Waals surface area (Å²) in [4.78, 5) is 16.0. The number of amides is 2. The van der Waals surface area contributed by atoms with Crippen LogP contribution in [0, 0.1) is 0 Å². The van der Waals surface area contributed by atoms with Gasteiger partial charge in [0.1, 0.15) is 0 Å². The number of urea groups is 1. The van der Waals surface area contributed by atoms with Crippen molar-refractivity contribution < 1.29 is 4.79 Å². The molecule has 2 N–H and O–H groups in total. The third-order valence-corrected chi connectivity index (χ3v) is 4.35. The molecule has 0 bridgehead atoms. The van der Waals surface area contributed by atoms with Gasteiger partial charge in [-0.2, -0.15) is 5.10 Å². The van der Waals surface area contributed by atoms with Crippen LogP contribution in [-0.2, 0) is 0 Å². The van der Waals surface area contributed by atoms with E-state index in [0.717, 1.165) is 29.8 Å². The first kappa shape index (κ1) is 16.2. The second-order valence-electron chi connectivity index (χ2n) is 6.13. The summed E-state index contributed by atoms with van der Waals surface area (Å²) in [7, 11) is 0. The molecule has 2 aromatic rings. The molecule has 1 saturated carbocycles. The molecule has 0 spiro atoms. The Labute approximate surface area is 142 Å². The summed E-state index contributed by atoms with van der Waals surface area (Å²) < 4.78 is 1.94. The molecule has 0 aliphatic heterocycles. The Morgan fingerprint density at radius 3 is 2.62 bits per heavy atom. The van der Waals surface area contributed by atoms with Crippen LogP contribution >= 0.6 is 0 Å². The molecule has 24 heavy (non-hydrogen) atoms. The molecule has 3 rings (SSSR count). The van der Waals surface area contributed by atoms with E-state index in [2.05, 4.69) is 20.8 Å². The zero-order chi connectivity index (χ0) is 16.8. The van der Waals surface area contributed by atoms with Gasteiger partial charge >= 0.3 is 6.03 Å². The van der Waals surface area contributed by atoms with E-state index in [1.165, 1.54) is 19.3 Å². The molecule has 0 unspecified atom stereocenters. The third kappa shape index (κ3) is 4.22. The number of carbonyl (C=O) groups is 1. The van der Waals surface area contributed by atoms with Crippen LogP contribution in [0.25, 0.3) is 5.69 Å². The minimum absolute atomic E-state index is 0.226. The van der Waals surface area contributed by atoms with Crippen molar-refractivity contribution in [1.29, 1.82) is 0 Å². The SMILES string of the molecule is CC(=NNC(=O)NC1CCCCC1)c1ccc(-n2ccnc2)cc1. The van der Waals surface area contributed by atoms with Gasteiger partial charge in [0.25, 0.3) is 0 Å². The number of hydrogen-bond acceptors (Lipinski definition) is 3. The van der Waals surface area contributed by atoms with Crippen molar-refractivity contribution in [3.63, 3.8) is 0 Å². The summed E-state index contributed by atoms with van der Waals surface area (Å²) in [6.07, 6.45) is 11.2. The quantitative estimate of drug-likeness (QED) is 0.669. The lowest BCUT2D eigenvalue weighted by Crippen LogP contribution is -2.41. The first-order valence-electron chi connectivity index (χ1n) is 8.42. The predicted octanol–water partition coefficient (Wildman–Crippen LogP) is 3.23. The van der Waals surface area contributed by atoms with Crippen molar-refractivity contribution in [3.8, 4) is 5.69 Å². The van der Waals surface area contributed by atoms with Gasteiger partial charge in [0.05, 0.1) is 12.0 Å². The number of nitrogens with zero attached hydrogens (tertiary/aromatic N) is 3. The van der Waals surface area contributed by atoms with Crippen LogP contribution < -0.4 is 10.7 Å². The van der Waals surface area contributed by atoms with Crippen LogP contribution in [0.15, 0.2) is 48.1 Å². The summed E-state index contributed by atoms with van der Waals surface area (Å²) >= 11 is 0. The van der Waals surface area contributed by atoms with E-state index < -0.39 is 0 Å². The fourth-order valence-electron chi connectivity index (χ4n) is 2.95. The minimum atomic E-state index is -0.226. The van der Waals surface area contributed by atoms with Crippen molar-refractivity contribution >= 4 is 11.7 Å². The molecule has 1 fully saturated rings. The Morgan fingerprint density at radius 2 is 1.96 bits per heavy atom. The summed E-state index contributed by atoms with van der Waals surface area (Å²) in [6, 6.07) is 8.01. The number of imidazole rings is 1. The highest BCUT2D eigenvalue weighted by Crippen LogP contribution is 2.17. The van der Waals surface area contributed by atoms with Crippen LogP contribution in [0.3, 0.4) is 0 Å². The number of benzene rings is 1. The molecular formula is C18H23N5O. The Bertz CT molecular complexity index is 685. The lowest BCUT2D eigenvalue weighted by atomic mass is 9.96. The molecule has 1 aromatic heterocycles. The highest BCUT2D eigenvalue weighted by atomic mass is 16.2. The van der Waals surface area contributed by atoms with Gasteiger partial charge in [0.15, 0.2) is 0 Å². The largest absolute Gasteiger partial charge is 0.335 e.